The average Bonchev–Trinajstić information content (AvgIpc) is 2.46. The van der Waals surface area contributed by atoms with E-state index in [-0.39, 0.29) is 17.7 Å². The number of esters is 1. The minimum Gasteiger partial charge on any atom is -0.497 e. The normalized spacial score (nSPS) is 14.5. The van der Waals surface area contributed by atoms with Gasteiger partial charge in [-0.3, -0.25) is 4.89 Å². The van der Waals surface area contributed by atoms with Crippen LogP contribution in [0.25, 0.3) is 0 Å². The molecule has 8 heteroatoms. The Hall–Kier alpha value is -1.82. The first-order valence-corrected chi connectivity index (χ1v) is 7.98. The van der Waals surface area contributed by atoms with Crippen LogP contribution in [0.2, 0.25) is 0 Å². The molecule has 0 saturated heterocycles. The number of carbonyl (C=O) groups is 1. The molecule has 0 saturated carbocycles. The molecule has 2 unspecified atom stereocenters. The zero-order chi connectivity index (χ0) is 16.8. The van der Waals surface area contributed by atoms with Gasteiger partial charge in [0.1, 0.15) is 11.5 Å². The van der Waals surface area contributed by atoms with Crippen molar-refractivity contribution < 1.29 is 32.8 Å². The third-order valence-electron chi connectivity index (χ3n) is 2.45. The molecule has 0 aliphatic rings. The highest BCUT2D eigenvalue weighted by molar-refractivity contribution is 7.47. The van der Waals surface area contributed by atoms with Crippen molar-refractivity contribution in [2.75, 3.05) is 7.11 Å². The van der Waals surface area contributed by atoms with Crippen molar-refractivity contribution in [1.29, 1.82) is 0 Å². The van der Waals surface area contributed by atoms with Crippen LogP contribution in [0.1, 0.15) is 20.3 Å². The van der Waals surface area contributed by atoms with Gasteiger partial charge >= 0.3 is 13.8 Å². The summed E-state index contributed by atoms with van der Waals surface area (Å²) in [5, 5.41) is 0. The molecule has 1 N–H and O–H groups in total. The van der Waals surface area contributed by atoms with E-state index in [1.807, 2.05) is 0 Å². The van der Waals surface area contributed by atoms with Gasteiger partial charge in [-0.2, -0.15) is 0 Å². The van der Waals surface area contributed by atoms with Crippen LogP contribution in [-0.4, -0.2) is 24.3 Å². The Morgan fingerprint density at radius 3 is 2.32 bits per heavy atom. The lowest BCUT2D eigenvalue weighted by atomic mass is 10.3. The predicted molar refractivity (Wildman–Crippen MR) is 79.5 cm³/mol. The zero-order valence-corrected chi connectivity index (χ0v) is 13.5. The van der Waals surface area contributed by atoms with Crippen LogP contribution in [0.15, 0.2) is 36.4 Å². The average molecular weight is 330 g/mol. The highest BCUT2D eigenvalue weighted by Crippen LogP contribution is 2.45. The van der Waals surface area contributed by atoms with E-state index in [1.165, 1.54) is 26.2 Å². The number of rotatable bonds is 8. The maximum absolute atomic E-state index is 11.9. The van der Waals surface area contributed by atoms with Crippen molar-refractivity contribution in [3.05, 3.63) is 36.4 Å². The molecule has 0 aromatic heterocycles. The smallest absolute Gasteiger partial charge is 0.497 e. The molecule has 0 amide bonds. The van der Waals surface area contributed by atoms with Gasteiger partial charge in [0.05, 0.1) is 7.11 Å². The van der Waals surface area contributed by atoms with Crippen LogP contribution in [-0.2, 0) is 18.6 Å². The first-order chi connectivity index (χ1) is 10.3. The fourth-order valence-electron chi connectivity index (χ4n) is 1.34. The quantitative estimate of drug-likeness (QED) is 0.339. The number of benzene rings is 1. The fraction of sp³-hybridized carbons (Fsp3) is 0.357. The van der Waals surface area contributed by atoms with E-state index in [9.17, 15) is 14.3 Å². The second-order valence-electron chi connectivity index (χ2n) is 4.36. The first kappa shape index (κ1) is 18.2. The van der Waals surface area contributed by atoms with Gasteiger partial charge in [0, 0.05) is 12.0 Å². The Balaban J connectivity index is 2.69. The van der Waals surface area contributed by atoms with Crippen molar-refractivity contribution in [3.63, 3.8) is 0 Å². The molecule has 122 valence electrons. The van der Waals surface area contributed by atoms with Crippen LogP contribution in [0.4, 0.5) is 0 Å². The molecular formula is C14H19O7P. The van der Waals surface area contributed by atoms with E-state index in [2.05, 4.69) is 6.58 Å². The first-order valence-electron chi connectivity index (χ1n) is 6.48. The molecule has 0 heterocycles. The van der Waals surface area contributed by atoms with E-state index in [0.29, 0.717) is 5.75 Å². The molecule has 2 atom stereocenters. The summed E-state index contributed by atoms with van der Waals surface area (Å²) in [5.74, 6) is -0.0214. The molecule has 1 rings (SSSR count). The molecule has 7 nitrogen and oxygen atoms in total. The minimum absolute atomic E-state index is 0.118. The van der Waals surface area contributed by atoms with E-state index < -0.39 is 20.1 Å². The zero-order valence-electron chi connectivity index (χ0n) is 12.6. The molecule has 0 fully saturated rings. The molecule has 0 aliphatic heterocycles. The topological polar surface area (TPSA) is 91.3 Å². The standard InChI is InChI=1S/C14H19O7P/c1-5-13(19-14(15)10(2)3)21-22(16,17)20-12-8-6-11(18-4)7-9-12/h6-9,13H,2,5H2,1,3-4H3,(H,16,17). The summed E-state index contributed by atoms with van der Waals surface area (Å²) >= 11 is 0. The number of phosphoric ester groups is 1. The Bertz CT molecular complexity index is 567. The minimum atomic E-state index is -4.44. The molecule has 0 bridgehead atoms. The summed E-state index contributed by atoms with van der Waals surface area (Å²) in [6.07, 6.45) is -1.03. The summed E-state index contributed by atoms with van der Waals surface area (Å²) in [5.41, 5.74) is 0.158. The molecule has 1 aromatic rings. The van der Waals surface area contributed by atoms with Gasteiger partial charge in [-0.05, 0) is 31.2 Å². The van der Waals surface area contributed by atoms with Crippen LogP contribution in [0, 0.1) is 0 Å². The van der Waals surface area contributed by atoms with Crippen molar-refractivity contribution in [2.45, 2.75) is 26.6 Å². The van der Waals surface area contributed by atoms with Crippen molar-refractivity contribution >= 4 is 13.8 Å². The largest absolute Gasteiger partial charge is 0.530 e. The van der Waals surface area contributed by atoms with Gasteiger partial charge in [-0.1, -0.05) is 13.5 Å². The highest BCUT2D eigenvalue weighted by atomic mass is 31.2. The second kappa shape index (κ2) is 7.98. The maximum Gasteiger partial charge on any atom is 0.530 e. The number of hydrogen-bond donors (Lipinski definition) is 1. The Morgan fingerprint density at radius 1 is 1.32 bits per heavy atom. The highest BCUT2D eigenvalue weighted by Gasteiger charge is 2.29. The van der Waals surface area contributed by atoms with Gasteiger partial charge in [0.2, 0.25) is 6.29 Å². The fourth-order valence-corrected chi connectivity index (χ4v) is 2.26. The van der Waals surface area contributed by atoms with Gasteiger partial charge in [-0.15, -0.1) is 0 Å². The van der Waals surface area contributed by atoms with Crippen LogP contribution in [0.5, 0.6) is 11.5 Å². The van der Waals surface area contributed by atoms with Crippen LogP contribution >= 0.6 is 7.82 Å². The van der Waals surface area contributed by atoms with Gasteiger partial charge in [0.25, 0.3) is 0 Å². The number of phosphoric acid groups is 1. The monoisotopic (exact) mass is 330 g/mol. The molecule has 0 radical (unpaired) electrons. The molecule has 0 aliphatic carbocycles. The SMILES string of the molecule is C=C(C)C(=O)OC(CC)OP(=O)(O)Oc1ccc(OC)cc1. The van der Waals surface area contributed by atoms with Crippen LogP contribution < -0.4 is 9.26 Å². The molecule has 1 aromatic carbocycles. The van der Waals surface area contributed by atoms with Gasteiger partial charge < -0.3 is 14.0 Å². The van der Waals surface area contributed by atoms with Crippen molar-refractivity contribution in [1.82, 2.24) is 0 Å². The predicted octanol–water partition coefficient (Wildman–Crippen LogP) is 3.05. The summed E-state index contributed by atoms with van der Waals surface area (Å²) in [6.45, 7) is 6.51. The molecule has 22 heavy (non-hydrogen) atoms. The Labute approximate surface area is 129 Å². The van der Waals surface area contributed by atoms with Crippen molar-refractivity contribution in [2.24, 2.45) is 0 Å². The number of ether oxygens (including phenoxy) is 2. The van der Waals surface area contributed by atoms with Gasteiger partial charge in [0.15, 0.2) is 0 Å². The Morgan fingerprint density at radius 2 is 1.86 bits per heavy atom. The van der Waals surface area contributed by atoms with E-state index >= 15 is 0 Å². The van der Waals surface area contributed by atoms with E-state index in [0.717, 1.165) is 0 Å². The third-order valence-corrected chi connectivity index (χ3v) is 3.39. The second-order valence-corrected chi connectivity index (χ2v) is 5.69. The van der Waals surface area contributed by atoms with Gasteiger partial charge in [-0.25, -0.2) is 13.9 Å². The molecular weight excluding hydrogens is 311 g/mol. The lowest BCUT2D eigenvalue weighted by molar-refractivity contribution is -0.160. The Kier molecular flexibility index (Phi) is 6.61. The summed E-state index contributed by atoms with van der Waals surface area (Å²) in [4.78, 5) is 21.1. The summed E-state index contributed by atoms with van der Waals surface area (Å²) in [7, 11) is -2.95. The lowest BCUT2D eigenvalue weighted by Crippen LogP contribution is -2.21. The van der Waals surface area contributed by atoms with E-state index in [4.69, 9.17) is 18.5 Å². The van der Waals surface area contributed by atoms with Crippen molar-refractivity contribution in [3.8, 4) is 11.5 Å². The van der Waals surface area contributed by atoms with E-state index in [1.54, 1.807) is 19.1 Å². The summed E-state index contributed by atoms with van der Waals surface area (Å²) in [6, 6.07) is 6.03. The molecule has 0 spiro atoms. The number of carbonyl (C=O) groups excluding carboxylic acids is 1. The van der Waals surface area contributed by atoms with Crippen LogP contribution in [0.3, 0.4) is 0 Å². The summed E-state index contributed by atoms with van der Waals surface area (Å²) < 4.78 is 31.5. The third kappa shape index (κ3) is 5.89. The number of hydrogen-bond acceptors (Lipinski definition) is 6. The lowest BCUT2D eigenvalue weighted by Gasteiger charge is -2.20. The number of methoxy groups -OCH3 is 1. The maximum atomic E-state index is 11.9.